The predicted molar refractivity (Wildman–Crippen MR) is 110 cm³/mol. The average Bonchev–Trinajstić information content (AvgIpc) is 3.40. The number of carbonyl (C=O) groups is 2. The summed E-state index contributed by atoms with van der Waals surface area (Å²) in [5.41, 5.74) is 3.30. The Hall–Kier alpha value is -4.60. The molecule has 31 heavy (non-hydrogen) atoms. The zero-order valence-corrected chi connectivity index (χ0v) is 15.7. The Labute approximate surface area is 172 Å². The van der Waals surface area contributed by atoms with E-state index < -0.39 is 23.1 Å². The van der Waals surface area contributed by atoms with Crippen LogP contribution < -0.4 is 11.0 Å². The molecule has 0 fully saturated rings. The van der Waals surface area contributed by atoms with E-state index in [0.29, 0.717) is 16.6 Å². The van der Waals surface area contributed by atoms with Gasteiger partial charge in [0.25, 0.3) is 11.3 Å². The molecule has 0 aliphatic carbocycles. The summed E-state index contributed by atoms with van der Waals surface area (Å²) in [5, 5.41) is 4.84. The molecule has 0 spiro atoms. The summed E-state index contributed by atoms with van der Waals surface area (Å²) >= 11 is 0. The minimum atomic E-state index is -0.987. The van der Waals surface area contributed by atoms with Crippen LogP contribution in [0.2, 0.25) is 0 Å². The maximum absolute atomic E-state index is 13.2. The highest BCUT2D eigenvalue weighted by molar-refractivity contribution is 6.47. The summed E-state index contributed by atoms with van der Waals surface area (Å²) in [6, 6.07) is 12.6. The molecule has 9 nitrogen and oxygen atoms in total. The van der Waals surface area contributed by atoms with Crippen LogP contribution in [0, 0.1) is 5.82 Å². The zero-order chi connectivity index (χ0) is 21.5. The van der Waals surface area contributed by atoms with Gasteiger partial charge in [0.1, 0.15) is 17.5 Å². The van der Waals surface area contributed by atoms with E-state index in [-0.39, 0.29) is 16.6 Å². The van der Waals surface area contributed by atoms with Gasteiger partial charge in [-0.1, -0.05) is 18.2 Å². The number of benzene rings is 2. The Kier molecular flexibility index (Phi) is 4.18. The Bertz CT molecular complexity index is 1530. The fraction of sp³-hybridized carbons (Fsp3) is 0. The highest BCUT2D eigenvalue weighted by atomic mass is 19.1. The standard InChI is InChI=1S/C21H13FN6O3/c22-12-5-7-13(8-6-12)28-19-16(10-25-28)21(31)27(11-24-19)26-20(30)18(29)15-9-23-17-4-2-1-3-14(15)17/h1-11,23H,(H,26,30). The third-order valence-corrected chi connectivity index (χ3v) is 4.82. The lowest BCUT2D eigenvalue weighted by molar-refractivity contribution is -0.113. The van der Waals surface area contributed by atoms with Crippen molar-refractivity contribution in [1.82, 2.24) is 24.4 Å². The van der Waals surface area contributed by atoms with Crippen molar-refractivity contribution in [3.63, 3.8) is 0 Å². The first kappa shape index (κ1) is 18.4. The van der Waals surface area contributed by atoms with Gasteiger partial charge in [-0.15, -0.1) is 0 Å². The van der Waals surface area contributed by atoms with Gasteiger partial charge < -0.3 is 4.98 Å². The second kappa shape index (κ2) is 7.02. The second-order valence-electron chi connectivity index (χ2n) is 6.71. The third-order valence-electron chi connectivity index (χ3n) is 4.82. The van der Waals surface area contributed by atoms with Gasteiger partial charge in [0.2, 0.25) is 0 Å². The molecule has 0 saturated heterocycles. The van der Waals surface area contributed by atoms with Crippen molar-refractivity contribution < 1.29 is 14.0 Å². The summed E-state index contributed by atoms with van der Waals surface area (Å²) in [4.78, 5) is 44.9. The summed E-state index contributed by atoms with van der Waals surface area (Å²) in [6.07, 6.45) is 3.83. The number of rotatable bonds is 4. The number of H-pyrrole nitrogens is 1. The van der Waals surface area contributed by atoms with E-state index in [4.69, 9.17) is 0 Å². The summed E-state index contributed by atoms with van der Waals surface area (Å²) in [5.74, 6) is -2.19. The van der Waals surface area contributed by atoms with E-state index in [1.54, 1.807) is 24.3 Å². The molecule has 0 radical (unpaired) electrons. The zero-order valence-electron chi connectivity index (χ0n) is 15.7. The van der Waals surface area contributed by atoms with Gasteiger partial charge in [-0.2, -0.15) is 5.10 Å². The van der Waals surface area contributed by atoms with Crippen LogP contribution in [0.3, 0.4) is 0 Å². The van der Waals surface area contributed by atoms with Crippen LogP contribution in [0.15, 0.2) is 72.0 Å². The molecule has 0 aliphatic heterocycles. The van der Waals surface area contributed by atoms with Crippen molar-refractivity contribution in [3.05, 3.63) is 89.0 Å². The van der Waals surface area contributed by atoms with Crippen LogP contribution in [-0.4, -0.2) is 36.1 Å². The van der Waals surface area contributed by atoms with Gasteiger partial charge in [0.15, 0.2) is 5.65 Å². The molecule has 0 atom stereocenters. The maximum Gasteiger partial charge on any atom is 0.311 e. The molecule has 0 unspecified atom stereocenters. The highest BCUT2D eigenvalue weighted by Gasteiger charge is 2.21. The Balaban J connectivity index is 1.46. The number of hydrogen-bond donors (Lipinski definition) is 2. The lowest BCUT2D eigenvalue weighted by Crippen LogP contribution is -2.36. The Morgan fingerprint density at radius 1 is 1.03 bits per heavy atom. The molecule has 0 bridgehead atoms. The monoisotopic (exact) mass is 416 g/mol. The van der Waals surface area contributed by atoms with Gasteiger partial charge in [0, 0.05) is 17.1 Å². The van der Waals surface area contributed by atoms with E-state index in [2.05, 4.69) is 20.5 Å². The molecule has 10 heteroatoms. The first-order valence-electron chi connectivity index (χ1n) is 9.16. The van der Waals surface area contributed by atoms with Crippen LogP contribution >= 0.6 is 0 Å². The number of para-hydroxylation sites is 1. The molecule has 2 aromatic carbocycles. The van der Waals surface area contributed by atoms with Crippen LogP contribution in [0.4, 0.5) is 4.39 Å². The molecule has 0 aliphatic rings. The van der Waals surface area contributed by atoms with Crippen molar-refractivity contribution in [2.24, 2.45) is 0 Å². The first-order chi connectivity index (χ1) is 15.0. The second-order valence-corrected chi connectivity index (χ2v) is 6.71. The van der Waals surface area contributed by atoms with Crippen LogP contribution in [-0.2, 0) is 4.79 Å². The number of carbonyl (C=O) groups excluding carboxylic acids is 2. The molecule has 3 aromatic heterocycles. The van der Waals surface area contributed by atoms with E-state index in [0.717, 1.165) is 11.0 Å². The SMILES string of the molecule is O=C(Nn1cnc2c(cnn2-c2ccc(F)cc2)c1=O)C(=O)c1c[nH]c2ccccc12. The van der Waals surface area contributed by atoms with Gasteiger partial charge in [-0.05, 0) is 30.3 Å². The van der Waals surface area contributed by atoms with Gasteiger partial charge >= 0.3 is 5.91 Å². The number of nitrogens with one attached hydrogen (secondary N) is 2. The molecule has 0 saturated carbocycles. The van der Waals surface area contributed by atoms with Gasteiger partial charge in [-0.25, -0.2) is 18.7 Å². The number of halogens is 1. The molecule has 5 aromatic rings. The van der Waals surface area contributed by atoms with Gasteiger partial charge in [-0.3, -0.25) is 19.8 Å². The number of aromatic amines is 1. The number of nitrogens with zero attached hydrogens (tertiary/aromatic N) is 4. The van der Waals surface area contributed by atoms with E-state index >= 15 is 0 Å². The van der Waals surface area contributed by atoms with E-state index in [1.807, 2.05) is 0 Å². The van der Waals surface area contributed by atoms with Crippen molar-refractivity contribution in [2.75, 3.05) is 5.43 Å². The summed E-state index contributed by atoms with van der Waals surface area (Å²) in [6.45, 7) is 0. The first-order valence-corrected chi connectivity index (χ1v) is 9.16. The number of fused-ring (bicyclic) bond motifs is 2. The number of aromatic nitrogens is 5. The van der Waals surface area contributed by atoms with Crippen molar-refractivity contribution in [3.8, 4) is 5.69 Å². The van der Waals surface area contributed by atoms with Crippen molar-refractivity contribution >= 4 is 33.6 Å². The molecule has 3 heterocycles. The normalized spacial score (nSPS) is 11.1. The molecular weight excluding hydrogens is 403 g/mol. The average molecular weight is 416 g/mol. The highest BCUT2D eigenvalue weighted by Crippen LogP contribution is 2.18. The summed E-state index contributed by atoms with van der Waals surface area (Å²) < 4.78 is 15.4. The fourth-order valence-electron chi connectivity index (χ4n) is 3.30. The molecule has 5 rings (SSSR count). The minimum Gasteiger partial charge on any atom is -0.360 e. The molecular formula is C21H13FN6O3. The number of Topliss-reactive ketones (excluding diaryl/α,β-unsaturated/α-hetero) is 1. The van der Waals surface area contributed by atoms with Crippen molar-refractivity contribution in [2.45, 2.75) is 0 Å². The smallest absolute Gasteiger partial charge is 0.311 e. The Morgan fingerprint density at radius 2 is 1.81 bits per heavy atom. The number of amides is 1. The largest absolute Gasteiger partial charge is 0.360 e. The fourth-order valence-corrected chi connectivity index (χ4v) is 3.30. The molecule has 1 amide bonds. The van der Waals surface area contributed by atoms with E-state index in [9.17, 15) is 18.8 Å². The van der Waals surface area contributed by atoms with Crippen LogP contribution in [0.5, 0.6) is 0 Å². The lowest BCUT2D eigenvalue weighted by atomic mass is 10.1. The minimum absolute atomic E-state index is 0.117. The number of hydrogen-bond acceptors (Lipinski definition) is 5. The predicted octanol–water partition coefficient (Wildman–Crippen LogP) is 2.16. The quantitative estimate of drug-likeness (QED) is 0.344. The number of ketones is 1. The maximum atomic E-state index is 13.2. The lowest BCUT2D eigenvalue weighted by Gasteiger charge is -2.07. The van der Waals surface area contributed by atoms with E-state index in [1.165, 1.54) is 41.3 Å². The van der Waals surface area contributed by atoms with Crippen LogP contribution in [0.25, 0.3) is 27.6 Å². The molecule has 152 valence electrons. The Morgan fingerprint density at radius 3 is 2.61 bits per heavy atom. The summed E-state index contributed by atoms with van der Waals surface area (Å²) in [7, 11) is 0. The van der Waals surface area contributed by atoms with Crippen molar-refractivity contribution in [1.29, 1.82) is 0 Å². The van der Waals surface area contributed by atoms with Gasteiger partial charge in [0.05, 0.1) is 17.4 Å². The topological polar surface area (TPSA) is 115 Å². The third kappa shape index (κ3) is 3.06. The van der Waals surface area contributed by atoms with Crippen LogP contribution in [0.1, 0.15) is 10.4 Å². The molecule has 2 N–H and O–H groups in total.